The van der Waals surface area contributed by atoms with E-state index in [4.69, 9.17) is 11.6 Å². The Morgan fingerprint density at radius 2 is 2.05 bits per heavy atom. The molecule has 20 heavy (non-hydrogen) atoms. The monoisotopic (exact) mass is 378 g/mol. The summed E-state index contributed by atoms with van der Waals surface area (Å²) >= 11 is 9.60. The number of imidazole rings is 1. The molecule has 7 heteroatoms. The number of alkyl halides is 1. The zero-order valence-electron chi connectivity index (χ0n) is 11.5. The number of sulfone groups is 1. The summed E-state index contributed by atoms with van der Waals surface area (Å²) < 4.78 is 25.9. The number of hydrogen-bond acceptors (Lipinski definition) is 3. The van der Waals surface area contributed by atoms with Gasteiger partial charge >= 0.3 is 0 Å². The number of fused-ring (bicyclic) bond motifs is 1. The van der Waals surface area contributed by atoms with Crippen molar-refractivity contribution in [2.45, 2.75) is 25.3 Å². The van der Waals surface area contributed by atoms with Gasteiger partial charge in [0.05, 0.1) is 22.2 Å². The van der Waals surface area contributed by atoms with E-state index in [0.717, 1.165) is 15.5 Å². The van der Waals surface area contributed by atoms with Crippen LogP contribution in [0.2, 0.25) is 0 Å². The highest BCUT2D eigenvalue weighted by Crippen LogP contribution is 2.30. The van der Waals surface area contributed by atoms with E-state index in [2.05, 4.69) is 20.9 Å². The van der Waals surface area contributed by atoms with Crippen molar-refractivity contribution in [1.29, 1.82) is 0 Å². The van der Waals surface area contributed by atoms with Crippen LogP contribution >= 0.6 is 27.5 Å². The lowest BCUT2D eigenvalue weighted by atomic mass is 10.3. The Kier molecular flexibility index (Phi) is 4.47. The molecule has 0 aliphatic rings. The van der Waals surface area contributed by atoms with E-state index < -0.39 is 9.84 Å². The first-order chi connectivity index (χ1) is 9.19. The minimum atomic E-state index is -3.07. The van der Waals surface area contributed by atoms with Crippen LogP contribution in [0.25, 0.3) is 11.0 Å². The number of hydrogen-bond donors (Lipinski definition) is 0. The van der Waals surface area contributed by atoms with Crippen LogP contribution in [0.15, 0.2) is 22.7 Å². The molecule has 0 N–H and O–H groups in total. The van der Waals surface area contributed by atoms with Crippen molar-refractivity contribution in [3.8, 4) is 0 Å². The van der Waals surface area contributed by atoms with Crippen LogP contribution in [-0.4, -0.2) is 30.0 Å². The quantitative estimate of drug-likeness (QED) is 0.761. The van der Waals surface area contributed by atoms with Crippen molar-refractivity contribution in [2.75, 3.05) is 12.0 Å². The molecule has 0 fully saturated rings. The van der Waals surface area contributed by atoms with Crippen LogP contribution < -0.4 is 0 Å². The van der Waals surface area contributed by atoms with Crippen LogP contribution in [0.5, 0.6) is 0 Å². The molecule has 0 aliphatic heterocycles. The van der Waals surface area contributed by atoms with Crippen LogP contribution in [0, 0.1) is 0 Å². The third-order valence-electron chi connectivity index (χ3n) is 3.02. The highest BCUT2D eigenvalue weighted by atomic mass is 79.9. The second kappa shape index (κ2) is 5.66. The lowest BCUT2D eigenvalue weighted by Crippen LogP contribution is -2.18. The molecule has 0 saturated heterocycles. The van der Waals surface area contributed by atoms with E-state index in [1.54, 1.807) is 0 Å². The van der Waals surface area contributed by atoms with Gasteiger partial charge in [-0.2, -0.15) is 0 Å². The van der Waals surface area contributed by atoms with Gasteiger partial charge < -0.3 is 4.57 Å². The van der Waals surface area contributed by atoms with E-state index in [-0.39, 0.29) is 17.2 Å². The van der Waals surface area contributed by atoms with E-state index >= 15 is 0 Å². The molecule has 2 unspecified atom stereocenters. The first-order valence-electron chi connectivity index (χ1n) is 6.18. The van der Waals surface area contributed by atoms with Crippen LogP contribution in [-0.2, 0) is 9.84 Å². The molecular formula is C13H16BrClN2O2S. The molecule has 1 aromatic heterocycles. The van der Waals surface area contributed by atoms with E-state index in [1.165, 1.54) is 6.26 Å². The minimum absolute atomic E-state index is 0.0606. The predicted molar refractivity (Wildman–Crippen MR) is 86.1 cm³/mol. The van der Waals surface area contributed by atoms with Gasteiger partial charge in [0, 0.05) is 16.8 Å². The topological polar surface area (TPSA) is 52.0 Å². The summed E-state index contributed by atoms with van der Waals surface area (Å²) in [5.41, 5.74) is 1.70. The molecule has 0 saturated carbocycles. The van der Waals surface area contributed by atoms with Gasteiger partial charge in [-0.25, -0.2) is 13.4 Å². The summed E-state index contributed by atoms with van der Waals surface area (Å²) in [6.07, 6.45) is 1.24. The largest absolute Gasteiger partial charge is 0.323 e. The van der Waals surface area contributed by atoms with Crippen molar-refractivity contribution in [1.82, 2.24) is 9.55 Å². The standard InChI is InChI=1S/C13H16BrClN2O2S/c1-8(7-20(3,18)19)17-12-5-4-10(14)6-11(12)16-13(17)9(2)15/h4-6,8-9H,7H2,1-3H3. The minimum Gasteiger partial charge on any atom is -0.323 e. The van der Waals surface area contributed by atoms with Gasteiger partial charge in [-0.3, -0.25) is 0 Å². The first-order valence-corrected chi connectivity index (χ1v) is 9.47. The van der Waals surface area contributed by atoms with Crippen molar-refractivity contribution < 1.29 is 8.42 Å². The molecule has 0 spiro atoms. The zero-order chi connectivity index (χ0) is 15.1. The summed E-state index contributed by atoms with van der Waals surface area (Å²) in [6.45, 7) is 3.70. The van der Waals surface area contributed by atoms with Crippen molar-refractivity contribution in [2.24, 2.45) is 0 Å². The highest BCUT2D eigenvalue weighted by Gasteiger charge is 2.21. The average Bonchev–Trinajstić information content (AvgIpc) is 2.64. The van der Waals surface area contributed by atoms with E-state index in [0.29, 0.717) is 5.82 Å². The van der Waals surface area contributed by atoms with Crippen molar-refractivity contribution >= 4 is 48.4 Å². The van der Waals surface area contributed by atoms with Crippen LogP contribution in [0.4, 0.5) is 0 Å². The van der Waals surface area contributed by atoms with Crippen molar-refractivity contribution in [3.63, 3.8) is 0 Å². The Labute approximate surface area is 132 Å². The second-order valence-corrected chi connectivity index (χ2v) is 8.79. The smallest absolute Gasteiger partial charge is 0.149 e. The molecule has 2 atom stereocenters. The van der Waals surface area contributed by atoms with Gasteiger partial charge in [0.15, 0.2) is 0 Å². The summed E-state index contributed by atoms with van der Waals surface area (Å²) in [5, 5.41) is -0.289. The summed E-state index contributed by atoms with van der Waals surface area (Å²) in [7, 11) is -3.07. The Balaban J connectivity index is 2.62. The van der Waals surface area contributed by atoms with Gasteiger partial charge in [-0.15, -0.1) is 11.6 Å². The SMILES string of the molecule is CC(Cl)c1nc2cc(Br)ccc2n1C(C)CS(C)(=O)=O. The summed E-state index contributed by atoms with van der Waals surface area (Å²) in [6, 6.07) is 5.53. The number of benzene rings is 1. The maximum atomic E-state index is 11.5. The lowest BCUT2D eigenvalue weighted by Gasteiger charge is -2.17. The fraction of sp³-hybridized carbons (Fsp3) is 0.462. The zero-order valence-corrected chi connectivity index (χ0v) is 14.6. The third-order valence-corrected chi connectivity index (χ3v) is 4.80. The van der Waals surface area contributed by atoms with E-state index in [9.17, 15) is 8.42 Å². The summed E-state index contributed by atoms with van der Waals surface area (Å²) in [5.74, 6) is 0.751. The van der Waals surface area contributed by atoms with Gasteiger partial charge in [0.2, 0.25) is 0 Å². The molecule has 2 aromatic rings. The molecular weight excluding hydrogens is 364 g/mol. The molecule has 1 heterocycles. The molecule has 0 aliphatic carbocycles. The fourth-order valence-corrected chi connectivity index (χ4v) is 3.88. The maximum Gasteiger partial charge on any atom is 0.149 e. The Bertz CT molecular complexity index is 740. The summed E-state index contributed by atoms with van der Waals surface area (Å²) in [4.78, 5) is 4.53. The molecule has 2 rings (SSSR count). The van der Waals surface area contributed by atoms with Gasteiger partial charge in [-0.1, -0.05) is 15.9 Å². The molecule has 0 amide bonds. The molecule has 0 bridgehead atoms. The van der Waals surface area contributed by atoms with Crippen LogP contribution in [0.1, 0.15) is 31.1 Å². The van der Waals surface area contributed by atoms with Gasteiger partial charge in [0.25, 0.3) is 0 Å². The second-order valence-electron chi connectivity index (χ2n) is 5.03. The van der Waals surface area contributed by atoms with Gasteiger partial charge in [-0.05, 0) is 32.0 Å². The molecule has 1 aromatic carbocycles. The lowest BCUT2D eigenvalue weighted by molar-refractivity contribution is 0.555. The third kappa shape index (κ3) is 3.35. The number of nitrogens with zero attached hydrogens (tertiary/aromatic N) is 2. The molecule has 0 radical (unpaired) electrons. The molecule has 4 nitrogen and oxygen atoms in total. The van der Waals surface area contributed by atoms with Crippen molar-refractivity contribution in [3.05, 3.63) is 28.5 Å². The van der Waals surface area contributed by atoms with E-state index in [1.807, 2.05) is 36.6 Å². The highest BCUT2D eigenvalue weighted by molar-refractivity contribution is 9.10. The average molecular weight is 380 g/mol. The molecule has 110 valence electrons. The predicted octanol–water partition coefficient (Wildman–Crippen LogP) is 3.70. The Morgan fingerprint density at radius 3 is 2.60 bits per heavy atom. The Morgan fingerprint density at radius 1 is 1.40 bits per heavy atom. The number of rotatable bonds is 4. The number of aromatic nitrogens is 2. The van der Waals surface area contributed by atoms with Crippen LogP contribution in [0.3, 0.4) is 0 Å². The first kappa shape index (κ1) is 15.8. The maximum absolute atomic E-state index is 11.5. The Hall–Kier alpha value is -0.590. The van der Waals surface area contributed by atoms with Gasteiger partial charge in [0.1, 0.15) is 15.7 Å². The number of halogens is 2. The normalized spacial score (nSPS) is 15.4. The fourth-order valence-electron chi connectivity index (χ4n) is 2.35.